The van der Waals surface area contributed by atoms with E-state index in [0.29, 0.717) is 0 Å². The van der Waals surface area contributed by atoms with Crippen LogP contribution in [0.1, 0.15) is 17.8 Å². The molecule has 0 amide bonds. The molecule has 5 nitrogen and oxygen atoms in total. The minimum absolute atomic E-state index is 0.416. The summed E-state index contributed by atoms with van der Waals surface area (Å²) in [5, 5.41) is 0. The lowest BCUT2D eigenvalue weighted by Gasteiger charge is -2.13. The molecule has 0 aliphatic carbocycles. The van der Waals surface area contributed by atoms with E-state index < -0.39 is 6.29 Å². The molecule has 0 saturated carbocycles. The average Bonchev–Trinajstić information content (AvgIpc) is 2.29. The van der Waals surface area contributed by atoms with E-state index in [4.69, 9.17) is 9.47 Å². The molecule has 16 heavy (non-hydrogen) atoms. The summed E-state index contributed by atoms with van der Waals surface area (Å²) >= 11 is 0. The highest BCUT2D eigenvalue weighted by Crippen LogP contribution is 2.13. The second-order valence-electron chi connectivity index (χ2n) is 3.75. The van der Waals surface area contributed by atoms with Crippen molar-refractivity contribution in [2.24, 2.45) is 0 Å². The molecule has 0 spiro atoms. The Bertz CT molecular complexity index is 314. The van der Waals surface area contributed by atoms with Crippen LogP contribution in [0.25, 0.3) is 0 Å². The van der Waals surface area contributed by atoms with Crippen LogP contribution < -0.4 is 0 Å². The van der Waals surface area contributed by atoms with Gasteiger partial charge in [0.05, 0.1) is 5.69 Å². The third-order valence-corrected chi connectivity index (χ3v) is 2.18. The van der Waals surface area contributed by atoms with Crippen molar-refractivity contribution < 1.29 is 9.47 Å². The summed E-state index contributed by atoms with van der Waals surface area (Å²) in [6, 6.07) is 1.80. The highest BCUT2D eigenvalue weighted by atomic mass is 16.7. The molecule has 5 heteroatoms. The monoisotopic (exact) mass is 225 g/mol. The Balaban J connectivity index is 2.70. The van der Waals surface area contributed by atoms with Crippen LogP contribution in [0, 0.1) is 0 Å². The summed E-state index contributed by atoms with van der Waals surface area (Å²) < 4.78 is 10.3. The molecule has 0 N–H and O–H groups in total. The van der Waals surface area contributed by atoms with Gasteiger partial charge in [0.1, 0.15) is 5.82 Å². The first kappa shape index (κ1) is 13.0. The summed E-state index contributed by atoms with van der Waals surface area (Å²) in [6.07, 6.45) is 2.14. The fraction of sp³-hybridized carbons (Fsp3) is 0.636. The lowest BCUT2D eigenvalue weighted by molar-refractivity contribution is -0.108. The Morgan fingerprint density at radius 2 is 2.00 bits per heavy atom. The second kappa shape index (κ2) is 6.52. The maximum atomic E-state index is 5.14. The topological polar surface area (TPSA) is 47.5 Å². The number of nitrogens with zero attached hydrogens (tertiary/aromatic N) is 3. The summed E-state index contributed by atoms with van der Waals surface area (Å²) in [7, 11) is 7.24. The third-order valence-electron chi connectivity index (χ3n) is 2.18. The van der Waals surface area contributed by atoms with Crippen LogP contribution in [-0.4, -0.2) is 49.7 Å². The number of aromatic nitrogens is 2. The lowest BCUT2D eigenvalue weighted by atomic mass is 10.3. The van der Waals surface area contributed by atoms with Gasteiger partial charge in [-0.2, -0.15) is 0 Å². The van der Waals surface area contributed by atoms with E-state index in [2.05, 4.69) is 14.9 Å². The predicted molar refractivity (Wildman–Crippen MR) is 61.0 cm³/mol. The fourth-order valence-electron chi connectivity index (χ4n) is 1.33. The largest absolute Gasteiger partial charge is 0.350 e. The Morgan fingerprint density at radius 3 is 2.56 bits per heavy atom. The molecule has 0 fully saturated rings. The number of likely N-dealkylation sites (N-methyl/N-ethyl adjacent to an activating group) is 1. The molecule has 1 aromatic heterocycles. The Kier molecular flexibility index (Phi) is 5.31. The fourth-order valence-corrected chi connectivity index (χ4v) is 1.33. The molecule has 1 aromatic rings. The van der Waals surface area contributed by atoms with Gasteiger partial charge in [-0.05, 0) is 20.2 Å². The Labute approximate surface area is 96.4 Å². The van der Waals surface area contributed by atoms with Crippen molar-refractivity contribution in [1.29, 1.82) is 0 Å². The first-order valence-electron chi connectivity index (χ1n) is 5.19. The van der Waals surface area contributed by atoms with Crippen molar-refractivity contribution in [3.8, 4) is 0 Å². The van der Waals surface area contributed by atoms with Gasteiger partial charge in [-0.1, -0.05) is 0 Å². The van der Waals surface area contributed by atoms with Crippen LogP contribution in [0.3, 0.4) is 0 Å². The van der Waals surface area contributed by atoms with E-state index in [-0.39, 0.29) is 0 Å². The van der Waals surface area contributed by atoms with Gasteiger partial charge in [-0.3, -0.25) is 0 Å². The van der Waals surface area contributed by atoms with Gasteiger partial charge < -0.3 is 14.4 Å². The summed E-state index contributed by atoms with van der Waals surface area (Å²) in [5.74, 6) is 0.810. The average molecular weight is 225 g/mol. The molecule has 90 valence electrons. The van der Waals surface area contributed by atoms with Crippen molar-refractivity contribution >= 4 is 0 Å². The SMILES string of the molecule is COC(OC)c1ccnc(CCN(C)C)n1. The predicted octanol–water partition coefficient (Wildman–Crippen LogP) is 0.872. The lowest BCUT2D eigenvalue weighted by Crippen LogP contribution is -2.17. The van der Waals surface area contributed by atoms with Crippen LogP contribution in [0.15, 0.2) is 12.3 Å². The molecule has 0 atom stereocenters. The third kappa shape index (κ3) is 3.84. The zero-order chi connectivity index (χ0) is 12.0. The van der Waals surface area contributed by atoms with Gasteiger partial charge in [0.25, 0.3) is 0 Å². The molecule has 0 bridgehead atoms. The summed E-state index contributed by atoms with van der Waals surface area (Å²) in [5.41, 5.74) is 0.758. The second-order valence-corrected chi connectivity index (χ2v) is 3.75. The van der Waals surface area contributed by atoms with E-state index in [0.717, 1.165) is 24.5 Å². The zero-order valence-electron chi connectivity index (χ0n) is 10.3. The van der Waals surface area contributed by atoms with Gasteiger partial charge in [0.2, 0.25) is 6.29 Å². The zero-order valence-corrected chi connectivity index (χ0v) is 10.3. The van der Waals surface area contributed by atoms with Gasteiger partial charge >= 0.3 is 0 Å². The van der Waals surface area contributed by atoms with Gasteiger partial charge in [-0.25, -0.2) is 9.97 Å². The van der Waals surface area contributed by atoms with Crippen LogP contribution in [-0.2, 0) is 15.9 Å². The van der Waals surface area contributed by atoms with E-state index >= 15 is 0 Å². The van der Waals surface area contributed by atoms with Gasteiger partial charge in [-0.15, -0.1) is 0 Å². The molecule has 0 unspecified atom stereocenters. The summed E-state index contributed by atoms with van der Waals surface area (Å²) in [6.45, 7) is 0.925. The smallest absolute Gasteiger partial charge is 0.200 e. The molecule has 1 rings (SSSR count). The van der Waals surface area contributed by atoms with Crippen molar-refractivity contribution in [3.63, 3.8) is 0 Å². The molecular formula is C11H19N3O2. The number of hydrogen-bond acceptors (Lipinski definition) is 5. The summed E-state index contributed by atoms with van der Waals surface area (Å²) in [4.78, 5) is 10.7. The standard InChI is InChI=1S/C11H19N3O2/c1-14(2)8-6-10-12-7-5-9(13-10)11(15-3)16-4/h5,7,11H,6,8H2,1-4H3. The molecular weight excluding hydrogens is 206 g/mol. The molecule has 0 aliphatic heterocycles. The van der Waals surface area contributed by atoms with Crippen molar-refractivity contribution in [2.45, 2.75) is 12.7 Å². The number of ether oxygens (including phenoxy) is 2. The normalized spacial score (nSPS) is 11.4. The first-order chi connectivity index (χ1) is 7.67. The van der Waals surface area contributed by atoms with Crippen molar-refractivity contribution in [3.05, 3.63) is 23.8 Å². The number of hydrogen-bond donors (Lipinski definition) is 0. The molecule has 0 radical (unpaired) electrons. The van der Waals surface area contributed by atoms with Gasteiger partial charge in [0.15, 0.2) is 0 Å². The van der Waals surface area contributed by atoms with E-state index in [1.165, 1.54) is 0 Å². The quantitative estimate of drug-likeness (QED) is 0.672. The minimum atomic E-state index is -0.416. The van der Waals surface area contributed by atoms with Crippen LogP contribution in [0.4, 0.5) is 0 Å². The van der Waals surface area contributed by atoms with E-state index in [1.54, 1.807) is 26.5 Å². The van der Waals surface area contributed by atoms with Gasteiger partial charge in [0, 0.05) is 33.4 Å². The first-order valence-corrected chi connectivity index (χ1v) is 5.19. The van der Waals surface area contributed by atoms with Crippen LogP contribution in [0.5, 0.6) is 0 Å². The Hall–Kier alpha value is -1.04. The highest BCUT2D eigenvalue weighted by molar-refractivity contribution is 5.04. The van der Waals surface area contributed by atoms with E-state index in [1.807, 2.05) is 14.1 Å². The molecule has 0 saturated heterocycles. The molecule has 1 heterocycles. The van der Waals surface area contributed by atoms with Crippen LogP contribution >= 0.6 is 0 Å². The van der Waals surface area contributed by atoms with Crippen molar-refractivity contribution in [2.75, 3.05) is 34.9 Å². The maximum Gasteiger partial charge on any atom is 0.200 e. The van der Waals surface area contributed by atoms with E-state index in [9.17, 15) is 0 Å². The highest BCUT2D eigenvalue weighted by Gasteiger charge is 2.11. The Morgan fingerprint density at radius 1 is 1.31 bits per heavy atom. The van der Waals surface area contributed by atoms with Crippen LogP contribution in [0.2, 0.25) is 0 Å². The van der Waals surface area contributed by atoms with Crippen molar-refractivity contribution in [1.82, 2.24) is 14.9 Å². The maximum absolute atomic E-state index is 5.14. The number of methoxy groups -OCH3 is 2. The number of rotatable bonds is 6. The minimum Gasteiger partial charge on any atom is -0.350 e. The molecule has 0 aromatic carbocycles. The molecule has 0 aliphatic rings.